The number of carbonyl (C=O) groups excluding carboxylic acids is 2. The predicted molar refractivity (Wildman–Crippen MR) is 92.5 cm³/mol. The Kier molecular flexibility index (Phi) is 5.70. The third-order valence-electron chi connectivity index (χ3n) is 3.69. The zero-order valence-electron chi connectivity index (χ0n) is 14.4. The number of carbonyl (C=O) groups is 2. The second-order valence-corrected chi connectivity index (χ2v) is 5.78. The normalized spacial score (nSPS) is 11.8. The van der Waals surface area contributed by atoms with Crippen LogP contribution in [-0.4, -0.2) is 47.1 Å². The summed E-state index contributed by atoms with van der Waals surface area (Å²) in [5.74, 6) is -0.430. The molecule has 2 amide bonds. The van der Waals surface area contributed by atoms with Crippen LogP contribution in [0.4, 0.5) is 5.69 Å². The monoisotopic (exact) mass is 329 g/mol. The molecule has 2 aromatic rings. The van der Waals surface area contributed by atoms with Crippen molar-refractivity contribution in [2.24, 2.45) is 7.05 Å². The average Bonchev–Trinajstić information content (AvgIpc) is 2.96. The number of nitrogens with zero attached hydrogens (tertiary/aromatic N) is 3. The Morgan fingerprint density at radius 3 is 2.50 bits per heavy atom. The quantitative estimate of drug-likeness (QED) is 0.831. The number of amides is 2. The summed E-state index contributed by atoms with van der Waals surface area (Å²) in [7, 11) is 5.10. The van der Waals surface area contributed by atoms with Gasteiger partial charge in [-0.15, -0.1) is 0 Å². The fourth-order valence-corrected chi connectivity index (χ4v) is 2.37. The van der Waals surface area contributed by atoms with E-state index >= 15 is 0 Å². The number of anilines is 1. The molecule has 0 radical (unpaired) electrons. The van der Waals surface area contributed by atoms with Crippen LogP contribution >= 0.6 is 0 Å². The van der Waals surface area contributed by atoms with Gasteiger partial charge in [-0.1, -0.05) is 17.7 Å². The molecule has 0 aliphatic carbocycles. The zero-order valence-corrected chi connectivity index (χ0v) is 14.4. The van der Waals surface area contributed by atoms with E-state index in [9.17, 15) is 9.59 Å². The van der Waals surface area contributed by atoms with E-state index in [0.29, 0.717) is 5.69 Å². The Morgan fingerprint density at radius 1 is 1.29 bits per heavy atom. The highest BCUT2D eigenvalue weighted by Gasteiger charge is 2.24. The van der Waals surface area contributed by atoms with Crippen molar-refractivity contribution < 1.29 is 9.59 Å². The third-order valence-corrected chi connectivity index (χ3v) is 3.69. The lowest BCUT2D eigenvalue weighted by Gasteiger charge is -2.22. The zero-order chi connectivity index (χ0) is 17.7. The van der Waals surface area contributed by atoms with Crippen LogP contribution in [0, 0.1) is 6.92 Å². The third kappa shape index (κ3) is 4.42. The fourth-order valence-electron chi connectivity index (χ4n) is 2.37. The van der Waals surface area contributed by atoms with Gasteiger partial charge < -0.3 is 15.5 Å². The van der Waals surface area contributed by atoms with Gasteiger partial charge in [0.1, 0.15) is 6.04 Å². The molecular weight excluding hydrogens is 306 g/mol. The van der Waals surface area contributed by atoms with E-state index in [-0.39, 0.29) is 18.4 Å². The van der Waals surface area contributed by atoms with Gasteiger partial charge in [0, 0.05) is 31.5 Å². The van der Waals surface area contributed by atoms with Crippen LogP contribution in [-0.2, 0) is 16.6 Å². The maximum absolute atomic E-state index is 12.6. The van der Waals surface area contributed by atoms with Crippen LogP contribution < -0.4 is 10.6 Å². The maximum atomic E-state index is 12.6. The molecular formula is C17H23N5O2. The SMILES string of the molecule is CNC(C(=O)N(C)CC(=O)Nc1ccc(C)cc1)c1cnn(C)c1. The Labute approximate surface area is 141 Å². The molecule has 7 heteroatoms. The number of nitrogens with one attached hydrogen (secondary N) is 2. The molecule has 0 fully saturated rings. The summed E-state index contributed by atoms with van der Waals surface area (Å²) < 4.78 is 1.64. The van der Waals surface area contributed by atoms with E-state index in [0.717, 1.165) is 11.1 Å². The molecule has 0 bridgehead atoms. The molecule has 0 saturated carbocycles. The van der Waals surface area contributed by atoms with Gasteiger partial charge in [-0.05, 0) is 26.1 Å². The van der Waals surface area contributed by atoms with Crippen LogP contribution in [0.1, 0.15) is 17.2 Å². The molecule has 0 aliphatic heterocycles. The van der Waals surface area contributed by atoms with E-state index in [4.69, 9.17) is 0 Å². The van der Waals surface area contributed by atoms with E-state index < -0.39 is 6.04 Å². The van der Waals surface area contributed by atoms with Crippen molar-refractivity contribution in [2.75, 3.05) is 26.0 Å². The fraction of sp³-hybridized carbons (Fsp3) is 0.353. The predicted octanol–water partition coefficient (Wildman–Crippen LogP) is 1.09. The first-order chi connectivity index (χ1) is 11.4. The Bertz CT molecular complexity index is 708. The number of hydrogen-bond donors (Lipinski definition) is 2. The minimum absolute atomic E-state index is 0.0227. The van der Waals surface area contributed by atoms with Crippen molar-refractivity contribution in [3.05, 3.63) is 47.8 Å². The lowest BCUT2D eigenvalue weighted by molar-refractivity contribution is -0.135. The van der Waals surface area contributed by atoms with Crippen molar-refractivity contribution in [3.8, 4) is 0 Å². The van der Waals surface area contributed by atoms with Crippen molar-refractivity contribution >= 4 is 17.5 Å². The van der Waals surface area contributed by atoms with Gasteiger partial charge in [-0.25, -0.2) is 0 Å². The van der Waals surface area contributed by atoms with Crippen LogP contribution in [0.15, 0.2) is 36.7 Å². The van der Waals surface area contributed by atoms with Crippen LogP contribution in [0.25, 0.3) is 0 Å². The smallest absolute Gasteiger partial charge is 0.244 e. The molecule has 1 unspecified atom stereocenters. The van der Waals surface area contributed by atoms with Crippen molar-refractivity contribution in [1.82, 2.24) is 20.0 Å². The highest BCUT2D eigenvalue weighted by Crippen LogP contribution is 2.14. The number of likely N-dealkylation sites (N-methyl/N-ethyl adjacent to an activating group) is 2. The molecule has 0 spiro atoms. The largest absolute Gasteiger partial charge is 0.335 e. The summed E-state index contributed by atoms with van der Waals surface area (Å²) in [6.07, 6.45) is 3.42. The highest BCUT2D eigenvalue weighted by atomic mass is 16.2. The highest BCUT2D eigenvalue weighted by molar-refractivity contribution is 5.95. The standard InChI is InChI=1S/C17H23N5O2/c1-12-5-7-14(8-6-12)20-15(23)11-21(3)17(24)16(18-2)13-9-19-22(4)10-13/h5-10,16,18H,11H2,1-4H3,(H,20,23). The van der Waals surface area contributed by atoms with E-state index in [1.165, 1.54) is 4.90 Å². The van der Waals surface area contributed by atoms with Gasteiger partial charge in [-0.2, -0.15) is 5.10 Å². The van der Waals surface area contributed by atoms with Gasteiger partial charge in [-0.3, -0.25) is 14.3 Å². The molecule has 0 saturated heterocycles. The Morgan fingerprint density at radius 2 is 1.96 bits per heavy atom. The maximum Gasteiger partial charge on any atom is 0.244 e. The first kappa shape index (κ1) is 17.7. The van der Waals surface area contributed by atoms with Gasteiger partial charge in [0.25, 0.3) is 0 Å². The lowest BCUT2D eigenvalue weighted by atomic mass is 10.1. The first-order valence-electron chi connectivity index (χ1n) is 7.68. The Hall–Kier alpha value is -2.67. The van der Waals surface area contributed by atoms with Crippen LogP contribution in [0.2, 0.25) is 0 Å². The molecule has 1 atom stereocenters. The molecule has 1 aromatic heterocycles. The summed E-state index contributed by atoms with van der Waals surface area (Å²) >= 11 is 0. The van der Waals surface area contributed by atoms with Crippen LogP contribution in [0.5, 0.6) is 0 Å². The second kappa shape index (κ2) is 7.74. The van der Waals surface area contributed by atoms with E-state index in [2.05, 4.69) is 15.7 Å². The van der Waals surface area contributed by atoms with Gasteiger partial charge >= 0.3 is 0 Å². The average molecular weight is 329 g/mol. The molecule has 7 nitrogen and oxygen atoms in total. The second-order valence-electron chi connectivity index (χ2n) is 5.78. The first-order valence-corrected chi connectivity index (χ1v) is 7.68. The summed E-state index contributed by atoms with van der Waals surface area (Å²) in [6, 6.07) is 6.98. The summed E-state index contributed by atoms with van der Waals surface area (Å²) in [4.78, 5) is 26.1. The topological polar surface area (TPSA) is 79.3 Å². The van der Waals surface area contributed by atoms with Crippen molar-refractivity contribution in [2.45, 2.75) is 13.0 Å². The van der Waals surface area contributed by atoms with Crippen molar-refractivity contribution in [3.63, 3.8) is 0 Å². The summed E-state index contributed by atoms with van der Waals surface area (Å²) in [6.45, 7) is 1.96. The van der Waals surface area contributed by atoms with E-state index in [1.807, 2.05) is 31.2 Å². The molecule has 1 aromatic carbocycles. The van der Waals surface area contributed by atoms with Gasteiger partial charge in [0.15, 0.2) is 0 Å². The molecule has 24 heavy (non-hydrogen) atoms. The van der Waals surface area contributed by atoms with Gasteiger partial charge in [0.2, 0.25) is 11.8 Å². The summed E-state index contributed by atoms with van der Waals surface area (Å²) in [5, 5.41) is 9.83. The van der Waals surface area contributed by atoms with Gasteiger partial charge in [0.05, 0.1) is 12.7 Å². The minimum Gasteiger partial charge on any atom is -0.335 e. The minimum atomic E-state index is -0.532. The molecule has 0 aliphatic rings. The van der Waals surface area contributed by atoms with Crippen molar-refractivity contribution in [1.29, 1.82) is 0 Å². The molecule has 1 heterocycles. The molecule has 128 valence electrons. The molecule has 2 rings (SSSR count). The summed E-state index contributed by atoms with van der Waals surface area (Å²) in [5.41, 5.74) is 2.59. The van der Waals surface area contributed by atoms with E-state index in [1.54, 1.807) is 38.2 Å². The Balaban J connectivity index is 1.96. The lowest BCUT2D eigenvalue weighted by Crippen LogP contribution is -2.41. The number of rotatable bonds is 6. The number of aromatic nitrogens is 2. The van der Waals surface area contributed by atoms with Crippen LogP contribution in [0.3, 0.4) is 0 Å². The number of hydrogen-bond acceptors (Lipinski definition) is 4. The number of benzene rings is 1. The number of aryl methyl sites for hydroxylation is 2. The molecule has 2 N–H and O–H groups in total.